The van der Waals surface area contributed by atoms with Crippen LogP contribution in [0.15, 0.2) is 30.3 Å². The van der Waals surface area contributed by atoms with Crippen LogP contribution < -0.4 is 4.74 Å². The first-order valence-corrected chi connectivity index (χ1v) is 7.91. The Morgan fingerprint density at radius 2 is 1.95 bits per heavy atom. The molecule has 0 radical (unpaired) electrons. The number of nitrogens with zero attached hydrogens (tertiary/aromatic N) is 2. The van der Waals surface area contributed by atoms with Gasteiger partial charge in [0, 0.05) is 18.6 Å². The van der Waals surface area contributed by atoms with Gasteiger partial charge in [0.2, 0.25) is 5.91 Å². The van der Waals surface area contributed by atoms with Crippen molar-refractivity contribution in [3.8, 4) is 5.75 Å². The average Bonchev–Trinajstić information content (AvgIpc) is 2.80. The molecule has 2 heterocycles. The van der Waals surface area contributed by atoms with Crippen molar-refractivity contribution in [1.29, 1.82) is 0 Å². The van der Waals surface area contributed by atoms with Gasteiger partial charge in [0.1, 0.15) is 5.75 Å². The molecular weight excluding hydrogens is 264 g/mol. The lowest BCUT2D eigenvalue weighted by molar-refractivity contribution is -0.134. The number of para-hydroxylation sites is 1. The Morgan fingerprint density at radius 1 is 1.19 bits per heavy atom. The normalized spacial score (nSPS) is 25.7. The van der Waals surface area contributed by atoms with Crippen molar-refractivity contribution in [3.05, 3.63) is 30.3 Å². The molecule has 2 saturated heterocycles. The van der Waals surface area contributed by atoms with Crippen LogP contribution in [0.5, 0.6) is 5.75 Å². The molecule has 0 aromatic heterocycles. The van der Waals surface area contributed by atoms with Gasteiger partial charge in [0.15, 0.2) is 0 Å². The molecule has 4 heteroatoms. The van der Waals surface area contributed by atoms with Gasteiger partial charge in [-0.1, -0.05) is 18.2 Å². The van der Waals surface area contributed by atoms with Gasteiger partial charge in [-0.3, -0.25) is 4.79 Å². The first-order chi connectivity index (χ1) is 10.2. The van der Waals surface area contributed by atoms with Crippen LogP contribution in [0, 0.1) is 0 Å². The van der Waals surface area contributed by atoms with Crippen molar-refractivity contribution >= 4 is 5.91 Å². The minimum absolute atomic E-state index is 0.258. The number of likely N-dealkylation sites (tertiary alicyclic amines) is 1. The molecule has 2 aliphatic heterocycles. The van der Waals surface area contributed by atoms with E-state index in [9.17, 15) is 4.79 Å². The van der Waals surface area contributed by atoms with E-state index in [1.165, 1.54) is 6.42 Å². The number of carbonyl (C=O) groups excluding carboxylic acids is 1. The molecule has 2 bridgehead atoms. The lowest BCUT2D eigenvalue weighted by Crippen LogP contribution is -2.43. The van der Waals surface area contributed by atoms with Crippen molar-refractivity contribution in [3.63, 3.8) is 0 Å². The van der Waals surface area contributed by atoms with Crippen LogP contribution in [0.3, 0.4) is 0 Å². The number of ether oxygens (including phenoxy) is 1. The standard InChI is InChI=1S/C17H24N2O2/c1-18-11-9-14-7-8-15(13-18)19(14)17(20)10-12-21-16-5-3-2-4-6-16/h2-6,14-15H,7-13H2,1H3/t14-,15+/m1/s1. The fraction of sp³-hybridized carbons (Fsp3) is 0.588. The molecule has 0 spiro atoms. The minimum Gasteiger partial charge on any atom is -0.493 e. The van der Waals surface area contributed by atoms with Crippen LogP contribution >= 0.6 is 0 Å². The Balaban J connectivity index is 1.53. The molecule has 2 atom stereocenters. The van der Waals surface area contributed by atoms with E-state index in [0.29, 0.717) is 25.1 Å². The van der Waals surface area contributed by atoms with Crippen molar-refractivity contribution in [1.82, 2.24) is 9.80 Å². The zero-order valence-electron chi connectivity index (χ0n) is 12.7. The molecule has 3 rings (SSSR count). The zero-order valence-corrected chi connectivity index (χ0v) is 12.7. The molecule has 1 aromatic carbocycles. The van der Waals surface area contributed by atoms with Gasteiger partial charge in [0.05, 0.1) is 13.0 Å². The fourth-order valence-electron chi connectivity index (χ4n) is 3.55. The second-order valence-electron chi connectivity index (χ2n) is 6.15. The zero-order chi connectivity index (χ0) is 14.7. The largest absolute Gasteiger partial charge is 0.493 e. The number of rotatable bonds is 4. The van der Waals surface area contributed by atoms with E-state index in [2.05, 4.69) is 16.8 Å². The van der Waals surface area contributed by atoms with Gasteiger partial charge >= 0.3 is 0 Å². The third-order valence-electron chi connectivity index (χ3n) is 4.60. The van der Waals surface area contributed by atoms with Crippen LogP contribution in [0.4, 0.5) is 0 Å². The summed E-state index contributed by atoms with van der Waals surface area (Å²) in [6.45, 7) is 2.59. The Bertz CT molecular complexity index is 477. The minimum atomic E-state index is 0.258. The van der Waals surface area contributed by atoms with Gasteiger partial charge in [0.25, 0.3) is 0 Å². The number of hydrogen-bond acceptors (Lipinski definition) is 3. The Labute approximate surface area is 126 Å². The quantitative estimate of drug-likeness (QED) is 0.851. The SMILES string of the molecule is CN1CC[C@H]2CC[C@@H](C1)N2C(=O)CCOc1ccccc1. The summed E-state index contributed by atoms with van der Waals surface area (Å²) in [7, 11) is 2.15. The molecule has 21 heavy (non-hydrogen) atoms. The maximum atomic E-state index is 12.5. The van der Waals surface area contributed by atoms with Crippen LogP contribution in [0.2, 0.25) is 0 Å². The van der Waals surface area contributed by atoms with Crippen molar-refractivity contribution < 1.29 is 9.53 Å². The van der Waals surface area contributed by atoms with E-state index in [-0.39, 0.29) is 5.91 Å². The van der Waals surface area contributed by atoms with Crippen LogP contribution in [0.1, 0.15) is 25.7 Å². The van der Waals surface area contributed by atoms with E-state index in [1.807, 2.05) is 30.3 Å². The molecule has 0 unspecified atom stereocenters. The number of benzene rings is 1. The lowest BCUT2D eigenvalue weighted by Gasteiger charge is -2.28. The van der Waals surface area contributed by atoms with Crippen molar-refractivity contribution in [2.45, 2.75) is 37.8 Å². The predicted octanol–water partition coefficient (Wildman–Crippen LogP) is 2.15. The number of carbonyl (C=O) groups is 1. The second kappa shape index (κ2) is 6.48. The second-order valence-corrected chi connectivity index (χ2v) is 6.15. The molecule has 2 aliphatic rings. The van der Waals surface area contributed by atoms with Gasteiger partial charge < -0.3 is 14.5 Å². The monoisotopic (exact) mass is 288 g/mol. The molecule has 2 fully saturated rings. The van der Waals surface area contributed by atoms with E-state index in [0.717, 1.165) is 31.7 Å². The van der Waals surface area contributed by atoms with Crippen molar-refractivity contribution in [2.75, 3.05) is 26.7 Å². The highest BCUT2D eigenvalue weighted by Crippen LogP contribution is 2.30. The average molecular weight is 288 g/mol. The molecule has 0 N–H and O–H groups in total. The Kier molecular flexibility index (Phi) is 4.44. The number of fused-ring (bicyclic) bond motifs is 2. The third-order valence-corrected chi connectivity index (χ3v) is 4.60. The van der Waals surface area contributed by atoms with Crippen LogP contribution in [-0.4, -0.2) is 54.5 Å². The molecular formula is C17H24N2O2. The van der Waals surface area contributed by atoms with Crippen molar-refractivity contribution in [2.24, 2.45) is 0 Å². The molecule has 1 amide bonds. The summed E-state index contributed by atoms with van der Waals surface area (Å²) >= 11 is 0. The van der Waals surface area contributed by atoms with Crippen LogP contribution in [0.25, 0.3) is 0 Å². The first-order valence-electron chi connectivity index (χ1n) is 7.91. The van der Waals surface area contributed by atoms with Crippen LogP contribution in [-0.2, 0) is 4.79 Å². The highest BCUT2D eigenvalue weighted by Gasteiger charge is 2.38. The number of amides is 1. The highest BCUT2D eigenvalue weighted by atomic mass is 16.5. The maximum absolute atomic E-state index is 12.5. The van der Waals surface area contributed by atoms with E-state index in [4.69, 9.17) is 4.74 Å². The molecule has 0 aliphatic carbocycles. The maximum Gasteiger partial charge on any atom is 0.226 e. The summed E-state index contributed by atoms with van der Waals surface area (Å²) in [6, 6.07) is 10.6. The molecule has 1 aromatic rings. The summed E-state index contributed by atoms with van der Waals surface area (Å²) in [5.74, 6) is 1.10. The van der Waals surface area contributed by atoms with E-state index in [1.54, 1.807) is 0 Å². The summed E-state index contributed by atoms with van der Waals surface area (Å²) in [5, 5.41) is 0. The highest BCUT2D eigenvalue weighted by molar-refractivity contribution is 5.77. The summed E-state index contributed by atoms with van der Waals surface area (Å²) < 4.78 is 5.65. The predicted molar refractivity (Wildman–Crippen MR) is 82.3 cm³/mol. The summed E-state index contributed by atoms with van der Waals surface area (Å²) in [4.78, 5) is 17.0. The molecule has 0 saturated carbocycles. The third kappa shape index (κ3) is 3.38. The lowest BCUT2D eigenvalue weighted by atomic mass is 10.1. The van der Waals surface area contributed by atoms with Gasteiger partial charge in [-0.15, -0.1) is 0 Å². The van der Waals surface area contributed by atoms with E-state index < -0.39 is 0 Å². The topological polar surface area (TPSA) is 32.8 Å². The van der Waals surface area contributed by atoms with Gasteiger partial charge in [-0.2, -0.15) is 0 Å². The molecule has 4 nitrogen and oxygen atoms in total. The Morgan fingerprint density at radius 3 is 2.76 bits per heavy atom. The number of hydrogen-bond donors (Lipinski definition) is 0. The van der Waals surface area contributed by atoms with E-state index >= 15 is 0 Å². The number of likely N-dealkylation sites (N-methyl/N-ethyl adjacent to an activating group) is 1. The first kappa shape index (κ1) is 14.4. The fourth-order valence-corrected chi connectivity index (χ4v) is 3.55. The molecule has 114 valence electrons. The Hall–Kier alpha value is -1.55. The smallest absolute Gasteiger partial charge is 0.226 e. The summed E-state index contributed by atoms with van der Waals surface area (Å²) in [5.41, 5.74) is 0. The van der Waals surface area contributed by atoms with Gasteiger partial charge in [-0.05, 0) is 45.0 Å². The summed E-state index contributed by atoms with van der Waals surface area (Å²) in [6.07, 6.45) is 3.91. The van der Waals surface area contributed by atoms with Gasteiger partial charge in [-0.25, -0.2) is 0 Å².